The lowest BCUT2D eigenvalue weighted by Crippen LogP contribution is -1.97. The number of nitrogens with one attached hydrogen (secondary N) is 1. The molecule has 0 saturated carbocycles. The summed E-state index contributed by atoms with van der Waals surface area (Å²) in [5, 5.41) is 1.09. The standard InChI is InChI=1S/C17H11NO2/c1-10-17(19)16-12(6-4-8-15(16)20-10)13-9-18-14-7-3-2-5-11(13)14/h2-9,18H,1H2. The van der Waals surface area contributed by atoms with Crippen LogP contribution in [-0.2, 0) is 0 Å². The van der Waals surface area contributed by atoms with Gasteiger partial charge in [-0.05, 0) is 17.7 Å². The van der Waals surface area contributed by atoms with Crippen LogP contribution >= 0.6 is 0 Å². The zero-order valence-corrected chi connectivity index (χ0v) is 10.6. The molecule has 1 aliphatic heterocycles. The second-order valence-corrected chi connectivity index (χ2v) is 4.78. The summed E-state index contributed by atoms with van der Waals surface area (Å²) in [6, 6.07) is 13.6. The van der Waals surface area contributed by atoms with Crippen molar-refractivity contribution in [1.82, 2.24) is 4.98 Å². The van der Waals surface area contributed by atoms with Gasteiger partial charge in [0.15, 0.2) is 5.76 Å². The maximum absolute atomic E-state index is 12.2. The van der Waals surface area contributed by atoms with Gasteiger partial charge in [0.25, 0.3) is 0 Å². The van der Waals surface area contributed by atoms with Gasteiger partial charge >= 0.3 is 0 Å². The van der Waals surface area contributed by atoms with Crippen LogP contribution in [0.15, 0.2) is 61.0 Å². The molecule has 0 aliphatic carbocycles. The molecule has 0 unspecified atom stereocenters. The van der Waals surface area contributed by atoms with E-state index in [-0.39, 0.29) is 11.5 Å². The minimum absolute atomic E-state index is 0.138. The summed E-state index contributed by atoms with van der Waals surface area (Å²) < 4.78 is 5.42. The maximum Gasteiger partial charge on any atom is 0.231 e. The molecule has 0 radical (unpaired) electrons. The first kappa shape index (κ1) is 11.1. The van der Waals surface area contributed by atoms with Crippen molar-refractivity contribution in [3.63, 3.8) is 0 Å². The molecule has 0 bridgehead atoms. The van der Waals surface area contributed by atoms with Crippen LogP contribution in [0.5, 0.6) is 5.75 Å². The number of hydrogen-bond donors (Lipinski definition) is 1. The number of rotatable bonds is 1. The quantitative estimate of drug-likeness (QED) is 0.674. The summed E-state index contributed by atoms with van der Waals surface area (Å²) in [7, 11) is 0. The summed E-state index contributed by atoms with van der Waals surface area (Å²) in [6.07, 6.45) is 1.93. The van der Waals surface area contributed by atoms with E-state index < -0.39 is 0 Å². The fourth-order valence-electron chi connectivity index (χ4n) is 2.69. The first-order valence-electron chi connectivity index (χ1n) is 6.36. The Kier molecular flexibility index (Phi) is 2.12. The van der Waals surface area contributed by atoms with Crippen LogP contribution in [0.1, 0.15) is 10.4 Å². The van der Waals surface area contributed by atoms with E-state index in [4.69, 9.17) is 4.74 Å². The number of carbonyl (C=O) groups is 1. The molecule has 2 aromatic carbocycles. The van der Waals surface area contributed by atoms with E-state index in [1.54, 1.807) is 6.07 Å². The van der Waals surface area contributed by atoms with Crippen LogP contribution in [0.3, 0.4) is 0 Å². The van der Waals surface area contributed by atoms with E-state index in [1.165, 1.54) is 0 Å². The lowest BCUT2D eigenvalue weighted by Gasteiger charge is -2.04. The smallest absolute Gasteiger partial charge is 0.231 e. The topological polar surface area (TPSA) is 42.1 Å². The molecule has 0 atom stereocenters. The van der Waals surface area contributed by atoms with Crippen LogP contribution < -0.4 is 4.74 Å². The Hall–Kier alpha value is -2.81. The lowest BCUT2D eigenvalue weighted by atomic mass is 9.96. The Morgan fingerprint density at radius 1 is 1.00 bits per heavy atom. The SMILES string of the molecule is C=C1Oc2cccc(-c3c[nH]c4ccccc34)c2C1=O. The minimum atomic E-state index is -0.138. The van der Waals surface area contributed by atoms with Crippen LogP contribution in [-0.4, -0.2) is 10.8 Å². The van der Waals surface area contributed by atoms with Crippen molar-refractivity contribution in [2.45, 2.75) is 0 Å². The highest BCUT2D eigenvalue weighted by molar-refractivity contribution is 6.17. The molecule has 1 aromatic heterocycles. The Bertz CT molecular complexity index is 874. The molecule has 0 saturated heterocycles. The van der Waals surface area contributed by atoms with E-state index >= 15 is 0 Å². The molecular weight excluding hydrogens is 250 g/mol. The first-order chi connectivity index (χ1) is 9.75. The van der Waals surface area contributed by atoms with Crippen LogP contribution in [0.25, 0.3) is 22.0 Å². The molecule has 1 N–H and O–H groups in total. The van der Waals surface area contributed by atoms with Gasteiger partial charge in [-0.3, -0.25) is 4.79 Å². The highest BCUT2D eigenvalue weighted by atomic mass is 16.5. The summed E-state index contributed by atoms with van der Waals surface area (Å²) in [5.41, 5.74) is 3.53. The molecule has 3 heteroatoms. The third kappa shape index (κ3) is 1.37. The Labute approximate surface area is 115 Å². The molecule has 1 aliphatic rings. The molecule has 0 spiro atoms. The van der Waals surface area contributed by atoms with Gasteiger partial charge < -0.3 is 9.72 Å². The number of para-hydroxylation sites is 1. The number of Topliss-reactive ketones (excluding diaryl/α,β-unsaturated/α-hetero) is 1. The largest absolute Gasteiger partial charge is 0.453 e. The number of ether oxygens (including phenoxy) is 1. The zero-order chi connectivity index (χ0) is 13.7. The summed E-state index contributed by atoms with van der Waals surface area (Å²) in [4.78, 5) is 15.4. The van der Waals surface area contributed by atoms with Crippen molar-refractivity contribution in [3.8, 4) is 16.9 Å². The van der Waals surface area contributed by atoms with Gasteiger partial charge in [-0.25, -0.2) is 0 Å². The second kappa shape index (κ2) is 3.84. The highest BCUT2D eigenvalue weighted by Crippen LogP contribution is 2.39. The molecular formula is C17H11NO2. The average molecular weight is 261 g/mol. The van der Waals surface area contributed by atoms with Crippen molar-refractivity contribution in [2.24, 2.45) is 0 Å². The predicted molar refractivity (Wildman–Crippen MR) is 77.8 cm³/mol. The number of benzene rings is 2. The second-order valence-electron chi connectivity index (χ2n) is 4.78. The normalized spacial score (nSPS) is 13.6. The first-order valence-corrected chi connectivity index (χ1v) is 6.36. The average Bonchev–Trinajstić information content (AvgIpc) is 3.01. The van der Waals surface area contributed by atoms with E-state index in [1.807, 2.05) is 42.6 Å². The van der Waals surface area contributed by atoms with E-state index in [9.17, 15) is 4.79 Å². The number of carbonyl (C=O) groups excluding carboxylic acids is 1. The zero-order valence-electron chi connectivity index (χ0n) is 10.6. The van der Waals surface area contributed by atoms with Crippen molar-refractivity contribution in [1.29, 1.82) is 0 Å². The predicted octanol–water partition coefficient (Wildman–Crippen LogP) is 3.92. The minimum Gasteiger partial charge on any atom is -0.453 e. The van der Waals surface area contributed by atoms with E-state index in [0.29, 0.717) is 11.3 Å². The summed E-state index contributed by atoms with van der Waals surface area (Å²) >= 11 is 0. The molecule has 4 rings (SSSR count). The van der Waals surface area contributed by atoms with Crippen LogP contribution in [0, 0.1) is 0 Å². The van der Waals surface area contributed by atoms with Crippen molar-refractivity contribution < 1.29 is 9.53 Å². The summed E-state index contributed by atoms with van der Waals surface area (Å²) in [6.45, 7) is 3.66. The Balaban J connectivity index is 2.04. The molecule has 2 heterocycles. The van der Waals surface area contributed by atoms with Crippen LogP contribution in [0.2, 0.25) is 0 Å². The van der Waals surface area contributed by atoms with Gasteiger partial charge in [0.05, 0.1) is 5.56 Å². The van der Waals surface area contributed by atoms with Gasteiger partial charge in [0.2, 0.25) is 5.78 Å². The molecule has 96 valence electrons. The number of ketones is 1. The molecule has 3 aromatic rings. The number of hydrogen-bond acceptors (Lipinski definition) is 2. The van der Waals surface area contributed by atoms with E-state index in [2.05, 4.69) is 11.6 Å². The number of aromatic amines is 1. The Morgan fingerprint density at radius 2 is 1.85 bits per heavy atom. The molecule has 20 heavy (non-hydrogen) atoms. The fourth-order valence-corrected chi connectivity index (χ4v) is 2.69. The number of aromatic nitrogens is 1. The van der Waals surface area contributed by atoms with Gasteiger partial charge in [0.1, 0.15) is 5.75 Å². The van der Waals surface area contributed by atoms with Crippen molar-refractivity contribution in [2.75, 3.05) is 0 Å². The van der Waals surface area contributed by atoms with Crippen LogP contribution in [0.4, 0.5) is 0 Å². The number of H-pyrrole nitrogens is 1. The molecule has 0 amide bonds. The van der Waals surface area contributed by atoms with E-state index in [0.717, 1.165) is 22.0 Å². The van der Waals surface area contributed by atoms with Gasteiger partial charge in [-0.2, -0.15) is 0 Å². The van der Waals surface area contributed by atoms with Gasteiger partial charge in [-0.1, -0.05) is 36.9 Å². The third-order valence-electron chi connectivity index (χ3n) is 3.62. The third-order valence-corrected chi connectivity index (χ3v) is 3.62. The fraction of sp³-hybridized carbons (Fsp3) is 0. The molecule has 0 fully saturated rings. The monoisotopic (exact) mass is 261 g/mol. The number of allylic oxidation sites excluding steroid dienone is 1. The van der Waals surface area contributed by atoms with Gasteiger partial charge in [0, 0.05) is 22.7 Å². The Morgan fingerprint density at radius 3 is 2.75 bits per heavy atom. The van der Waals surface area contributed by atoms with Gasteiger partial charge in [-0.15, -0.1) is 0 Å². The maximum atomic E-state index is 12.2. The van der Waals surface area contributed by atoms with Crippen molar-refractivity contribution in [3.05, 3.63) is 66.6 Å². The summed E-state index contributed by atoms with van der Waals surface area (Å²) in [5.74, 6) is 0.635. The highest BCUT2D eigenvalue weighted by Gasteiger charge is 2.29. The van der Waals surface area contributed by atoms with Crippen molar-refractivity contribution >= 4 is 16.7 Å². The number of fused-ring (bicyclic) bond motifs is 2. The molecule has 3 nitrogen and oxygen atoms in total. The lowest BCUT2D eigenvalue weighted by molar-refractivity contribution is 0.101.